The molecule has 1 heterocycles. The molecule has 1 saturated carbocycles. The van der Waals surface area contributed by atoms with Crippen molar-refractivity contribution in [2.45, 2.75) is 38.1 Å². The number of piperidine rings is 1. The average Bonchev–Trinajstić information content (AvgIpc) is 3.38. The van der Waals surface area contributed by atoms with E-state index in [4.69, 9.17) is 0 Å². The molecule has 0 atom stereocenters. The van der Waals surface area contributed by atoms with E-state index in [1.165, 1.54) is 25.0 Å². The molecular formula is C17H23N3O3. The van der Waals surface area contributed by atoms with Crippen LogP contribution in [0.15, 0.2) is 24.3 Å². The van der Waals surface area contributed by atoms with Crippen LogP contribution in [0.25, 0.3) is 0 Å². The highest BCUT2D eigenvalue weighted by atomic mass is 16.6. The lowest BCUT2D eigenvalue weighted by Crippen LogP contribution is -2.45. The standard InChI is InChI=1S/C17H23N3O3/c21-17(11-14-2-1-3-16(10-14)20(22)23)19-8-6-15(7-9-19)18-12-13-4-5-13/h1-3,10,13,15,18H,4-9,11-12H2. The van der Waals surface area contributed by atoms with Gasteiger partial charge < -0.3 is 10.2 Å². The van der Waals surface area contributed by atoms with Gasteiger partial charge in [-0.15, -0.1) is 0 Å². The summed E-state index contributed by atoms with van der Waals surface area (Å²) in [6.07, 6.45) is 4.93. The molecule has 1 aromatic carbocycles. The Morgan fingerprint density at radius 1 is 1.26 bits per heavy atom. The number of likely N-dealkylation sites (tertiary alicyclic amines) is 1. The van der Waals surface area contributed by atoms with Crippen molar-refractivity contribution in [3.8, 4) is 0 Å². The molecule has 0 unspecified atom stereocenters. The summed E-state index contributed by atoms with van der Waals surface area (Å²) >= 11 is 0. The number of hydrogen-bond donors (Lipinski definition) is 1. The van der Waals surface area contributed by atoms with Gasteiger partial charge in [0.05, 0.1) is 11.3 Å². The van der Waals surface area contributed by atoms with Crippen LogP contribution < -0.4 is 5.32 Å². The Labute approximate surface area is 136 Å². The number of nitro benzene ring substituents is 1. The number of rotatable bonds is 6. The average molecular weight is 317 g/mol. The number of non-ortho nitro benzene ring substituents is 1. The summed E-state index contributed by atoms with van der Waals surface area (Å²) in [6.45, 7) is 2.67. The molecule has 6 heteroatoms. The minimum Gasteiger partial charge on any atom is -0.342 e. The first-order valence-corrected chi connectivity index (χ1v) is 8.36. The first kappa shape index (κ1) is 15.9. The monoisotopic (exact) mass is 317 g/mol. The number of nitrogens with one attached hydrogen (secondary N) is 1. The summed E-state index contributed by atoms with van der Waals surface area (Å²) in [6, 6.07) is 6.87. The van der Waals surface area contributed by atoms with Crippen molar-refractivity contribution in [3.05, 3.63) is 39.9 Å². The Bertz CT molecular complexity index is 578. The molecule has 23 heavy (non-hydrogen) atoms. The first-order chi connectivity index (χ1) is 11.1. The zero-order chi connectivity index (χ0) is 16.2. The normalized spacial score (nSPS) is 18.9. The zero-order valence-corrected chi connectivity index (χ0v) is 13.2. The van der Waals surface area contributed by atoms with E-state index in [2.05, 4.69) is 5.32 Å². The van der Waals surface area contributed by atoms with E-state index in [0.717, 1.165) is 38.4 Å². The predicted molar refractivity (Wildman–Crippen MR) is 87.1 cm³/mol. The van der Waals surface area contributed by atoms with Crippen LogP contribution in [0.2, 0.25) is 0 Å². The minimum atomic E-state index is -0.426. The van der Waals surface area contributed by atoms with Gasteiger partial charge in [0.25, 0.3) is 5.69 Å². The lowest BCUT2D eigenvalue weighted by atomic mass is 10.0. The largest absolute Gasteiger partial charge is 0.342 e. The molecule has 0 aromatic heterocycles. The second-order valence-corrected chi connectivity index (χ2v) is 6.61. The molecule has 3 rings (SSSR count). The van der Waals surface area contributed by atoms with Crippen LogP contribution in [0.5, 0.6) is 0 Å². The fourth-order valence-corrected chi connectivity index (χ4v) is 3.05. The summed E-state index contributed by atoms with van der Waals surface area (Å²) in [4.78, 5) is 24.6. The highest BCUT2D eigenvalue weighted by Crippen LogP contribution is 2.28. The van der Waals surface area contributed by atoms with Gasteiger partial charge in [0.2, 0.25) is 5.91 Å². The Kier molecular flexibility index (Phi) is 4.91. The fourth-order valence-electron chi connectivity index (χ4n) is 3.05. The molecule has 1 aromatic rings. The number of nitro groups is 1. The Hall–Kier alpha value is -1.95. The number of carbonyl (C=O) groups is 1. The summed E-state index contributed by atoms with van der Waals surface area (Å²) in [7, 11) is 0. The third-order valence-corrected chi connectivity index (χ3v) is 4.72. The summed E-state index contributed by atoms with van der Waals surface area (Å²) in [5.41, 5.74) is 0.747. The van der Waals surface area contributed by atoms with Gasteiger partial charge in [-0.3, -0.25) is 14.9 Å². The van der Waals surface area contributed by atoms with E-state index in [-0.39, 0.29) is 18.0 Å². The zero-order valence-electron chi connectivity index (χ0n) is 13.2. The molecule has 2 aliphatic rings. The maximum absolute atomic E-state index is 12.4. The second-order valence-electron chi connectivity index (χ2n) is 6.61. The van der Waals surface area contributed by atoms with E-state index in [1.807, 2.05) is 4.90 Å². The van der Waals surface area contributed by atoms with Crippen molar-refractivity contribution >= 4 is 11.6 Å². The minimum absolute atomic E-state index is 0.0401. The molecule has 0 radical (unpaired) electrons. The third-order valence-electron chi connectivity index (χ3n) is 4.72. The number of hydrogen-bond acceptors (Lipinski definition) is 4. The highest BCUT2D eigenvalue weighted by Gasteiger charge is 2.26. The lowest BCUT2D eigenvalue weighted by Gasteiger charge is -2.32. The molecular weight excluding hydrogens is 294 g/mol. The molecule has 1 aliphatic heterocycles. The van der Waals surface area contributed by atoms with Crippen LogP contribution in [0, 0.1) is 16.0 Å². The smallest absolute Gasteiger partial charge is 0.269 e. The predicted octanol–water partition coefficient (Wildman–Crippen LogP) is 2.13. The number of benzene rings is 1. The van der Waals surface area contributed by atoms with Crippen molar-refractivity contribution in [3.63, 3.8) is 0 Å². The van der Waals surface area contributed by atoms with Gasteiger partial charge in [-0.2, -0.15) is 0 Å². The third kappa shape index (κ3) is 4.51. The summed E-state index contributed by atoms with van der Waals surface area (Å²) in [5, 5.41) is 14.4. The molecule has 1 saturated heterocycles. The fraction of sp³-hybridized carbons (Fsp3) is 0.588. The maximum atomic E-state index is 12.4. The van der Waals surface area contributed by atoms with Crippen LogP contribution in [0.1, 0.15) is 31.2 Å². The van der Waals surface area contributed by atoms with Gasteiger partial charge >= 0.3 is 0 Å². The van der Waals surface area contributed by atoms with E-state index < -0.39 is 4.92 Å². The van der Waals surface area contributed by atoms with E-state index >= 15 is 0 Å². The molecule has 1 amide bonds. The number of amides is 1. The first-order valence-electron chi connectivity index (χ1n) is 8.36. The van der Waals surface area contributed by atoms with Crippen molar-refractivity contribution < 1.29 is 9.72 Å². The van der Waals surface area contributed by atoms with Gasteiger partial charge in [-0.05, 0) is 43.7 Å². The molecule has 0 spiro atoms. The van der Waals surface area contributed by atoms with Crippen LogP contribution in [0.3, 0.4) is 0 Å². The van der Waals surface area contributed by atoms with Crippen LogP contribution in [-0.2, 0) is 11.2 Å². The number of nitrogens with zero attached hydrogens (tertiary/aromatic N) is 2. The maximum Gasteiger partial charge on any atom is 0.269 e. The van der Waals surface area contributed by atoms with Crippen molar-refractivity contribution in [2.24, 2.45) is 5.92 Å². The van der Waals surface area contributed by atoms with Gasteiger partial charge in [0, 0.05) is 31.3 Å². The molecule has 2 fully saturated rings. The van der Waals surface area contributed by atoms with E-state index in [9.17, 15) is 14.9 Å². The molecule has 1 N–H and O–H groups in total. The number of carbonyl (C=O) groups excluding carboxylic acids is 1. The van der Waals surface area contributed by atoms with Crippen molar-refractivity contribution in [2.75, 3.05) is 19.6 Å². The van der Waals surface area contributed by atoms with E-state index in [1.54, 1.807) is 12.1 Å². The Morgan fingerprint density at radius 3 is 2.65 bits per heavy atom. The molecule has 124 valence electrons. The van der Waals surface area contributed by atoms with Crippen LogP contribution >= 0.6 is 0 Å². The highest BCUT2D eigenvalue weighted by molar-refractivity contribution is 5.79. The van der Waals surface area contributed by atoms with Gasteiger partial charge in [0.1, 0.15) is 0 Å². The molecule has 0 bridgehead atoms. The molecule has 1 aliphatic carbocycles. The Balaban J connectivity index is 1.47. The molecule has 6 nitrogen and oxygen atoms in total. The summed E-state index contributed by atoms with van der Waals surface area (Å²) < 4.78 is 0. The van der Waals surface area contributed by atoms with E-state index in [0.29, 0.717) is 11.6 Å². The second kappa shape index (κ2) is 7.08. The SMILES string of the molecule is O=C(Cc1cccc([N+](=O)[O-])c1)N1CCC(NCC2CC2)CC1. The van der Waals surface area contributed by atoms with Gasteiger partial charge in [-0.1, -0.05) is 12.1 Å². The topological polar surface area (TPSA) is 75.5 Å². The van der Waals surface area contributed by atoms with Crippen molar-refractivity contribution in [1.29, 1.82) is 0 Å². The van der Waals surface area contributed by atoms with Crippen LogP contribution in [0.4, 0.5) is 5.69 Å². The quantitative estimate of drug-likeness (QED) is 0.644. The van der Waals surface area contributed by atoms with Crippen LogP contribution in [-0.4, -0.2) is 41.4 Å². The van der Waals surface area contributed by atoms with Crippen molar-refractivity contribution in [1.82, 2.24) is 10.2 Å². The van der Waals surface area contributed by atoms with Gasteiger partial charge in [0.15, 0.2) is 0 Å². The lowest BCUT2D eigenvalue weighted by molar-refractivity contribution is -0.384. The van der Waals surface area contributed by atoms with Gasteiger partial charge in [-0.25, -0.2) is 0 Å². The summed E-state index contributed by atoms with van der Waals surface area (Å²) in [5.74, 6) is 0.940. The Morgan fingerprint density at radius 2 is 2.00 bits per heavy atom.